The zero-order chi connectivity index (χ0) is 18.1. The third-order valence-electron chi connectivity index (χ3n) is 5.01. The van der Waals surface area contributed by atoms with Crippen LogP contribution in [-0.4, -0.2) is 44.5 Å². The van der Waals surface area contributed by atoms with Crippen LogP contribution in [0.2, 0.25) is 0 Å². The summed E-state index contributed by atoms with van der Waals surface area (Å²) in [6.45, 7) is 7.07. The molecule has 0 unspecified atom stereocenters. The van der Waals surface area contributed by atoms with E-state index in [1.54, 1.807) is 11.3 Å². The van der Waals surface area contributed by atoms with Crippen molar-refractivity contribution in [1.82, 2.24) is 24.8 Å². The molecule has 4 heterocycles. The molecule has 0 bridgehead atoms. The molecule has 0 aromatic carbocycles. The van der Waals surface area contributed by atoms with Gasteiger partial charge >= 0.3 is 0 Å². The summed E-state index contributed by atoms with van der Waals surface area (Å²) in [4.78, 5) is 16.1. The van der Waals surface area contributed by atoms with Gasteiger partial charge in [0, 0.05) is 29.6 Å². The third-order valence-corrected chi connectivity index (χ3v) is 5.89. The molecule has 3 aromatic heterocycles. The van der Waals surface area contributed by atoms with E-state index in [1.165, 1.54) is 0 Å². The van der Waals surface area contributed by atoms with Crippen molar-refractivity contribution in [1.29, 1.82) is 0 Å². The van der Waals surface area contributed by atoms with Crippen molar-refractivity contribution < 1.29 is 4.79 Å². The highest BCUT2D eigenvalue weighted by Gasteiger charge is 2.29. The first kappa shape index (κ1) is 17.2. The molecule has 1 atom stereocenters. The van der Waals surface area contributed by atoms with Crippen molar-refractivity contribution in [2.45, 2.75) is 38.8 Å². The van der Waals surface area contributed by atoms with Crippen LogP contribution in [0.15, 0.2) is 35.8 Å². The molecule has 4 rings (SSSR count). The average Bonchev–Trinajstić information content (AvgIpc) is 3.38. The summed E-state index contributed by atoms with van der Waals surface area (Å²) in [6, 6.07) is 8.23. The Morgan fingerprint density at radius 2 is 2.23 bits per heavy atom. The molecule has 26 heavy (non-hydrogen) atoms. The number of hydrogen-bond donors (Lipinski definition) is 1. The molecule has 7 heteroatoms. The lowest BCUT2D eigenvalue weighted by Crippen LogP contribution is -2.28. The molecule has 0 radical (unpaired) electrons. The number of hydrogen-bond acceptors (Lipinski definition) is 5. The van der Waals surface area contributed by atoms with Gasteiger partial charge in [-0.15, -0.1) is 21.5 Å². The molecular formula is C19H23N5OS. The summed E-state index contributed by atoms with van der Waals surface area (Å²) >= 11 is 1.64. The Hall–Kier alpha value is -2.25. The molecule has 1 fully saturated rings. The smallest absolute Gasteiger partial charge is 0.253 e. The quantitative estimate of drug-likeness (QED) is 0.751. The molecule has 1 aliphatic heterocycles. The van der Waals surface area contributed by atoms with Crippen molar-refractivity contribution >= 4 is 22.9 Å². The fourth-order valence-corrected chi connectivity index (χ4v) is 4.12. The number of nitrogens with one attached hydrogen (secondary N) is 1. The molecule has 6 nitrogen and oxygen atoms in total. The Balaban J connectivity index is 1.54. The molecule has 1 amide bonds. The number of aromatic nitrogens is 3. The topological polar surface area (TPSA) is 62.5 Å². The van der Waals surface area contributed by atoms with Crippen LogP contribution in [0.3, 0.4) is 0 Å². The van der Waals surface area contributed by atoms with Crippen LogP contribution in [0.4, 0.5) is 0 Å². The van der Waals surface area contributed by atoms with Gasteiger partial charge in [0.2, 0.25) is 0 Å². The summed E-state index contributed by atoms with van der Waals surface area (Å²) in [7, 11) is 0. The van der Waals surface area contributed by atoms with Gasteiger partial charge in [-0.05, 0) is 50.4 Å². The van der Waals surface area contributed by atoms with Crippen molar-refractivity contribution in [2.24, 2.45) is 0 Å². The van der Waals surface area contributed by atoms with E-state index in [0.717, 1.165) is 35.9 Å². The minimum Gasteiger partial charge on any atom is -0.347 e. The van der Waals surface area contributed by atoms with E-state index < -0.39 is 0 Å². The average molecular weight is 369 g/mol. The highest BCUT2D eigenvalue weighted by Crippen LogP contribution is 2.27. The predicted molar refractivity (Wildman–Crippen MR) is 103 cm³/mol. The van der Waals surface area contributed by atoms with Gasteiger partial charge in [-0.2, -0.15) is 0 Å². The number of pyridine rings is 1. The standard InChI is InChI=1S/C19H23N5OS/c1-13(2)23-8-7-14(11-23)18-22-21-17-6-5-15(12-24(17)18)19(25)20-10-16-4-3-9-26-16/h3-6,9,12-14H,7-8,10-11H2,1-2H3,(H,20,25)/t14-/m1/s1. The summed E-state index contributed by atoms with van der Waals surface area (Å²) in [5.41, 5.74) is 1.42. The van der Waals surface area contributed by atoms with Crippen LogP contribution in [-0.2, 0) is 6.54 Å². The van der Waals surface area contributed by atoms with E-state index in [0.29, 0.717) is 24.1 Å². The molecule has 136 valence electrons. The van der Waals surface area contributed by atoms with Gasteiger partial charge in [0.1, 0.15) is 5.82 Å². The van der Waals surface area contributed by atoms with E-state index in [-0.39, 0.29) is 5.91 Å². The zero-order valence-electron chi connectivity index (χ0n) is 15.1. The molecule has 1 aliphatic rings. The van der Waals surface area contributed by atoms with E-state index in [2.05, 4.69) is 34.3 Å². The van der Waals surface area contributed by atoms with E-state index in [4.69, 9.17) is 0 Å². The summed E-state index contributed by atoms with van der Waals surface area (Å²) in [5.74, 6) is 1.24. The van der Waals surface area contributed by atoms with Crippen molar-refractivity contribution in [3.63, 3.8) is 0 Å². The Kier molecular flexibility index (Phi) is 4.74. The lowest BCUT2D eigenvalue weighted by molar-refractivity contribution is 0.0951. The number of rotatable bonds is 5. The maximum absolute atomic E-state index is 12.5. The van der Waals surface area contributed by atoms with E-state index >= 15 is 0 Å². The first-order chi connectivity index (χ1) is 12.6. The van der Waals surface area contributed by atoms with Crippen molar-refractivity contribution in [2.75, 3.05) is 13.1 Å². The summed E-state index contributed by atoms with van der Waals surface area (Å²) < 4.78 is 1.98. The Bertz CT molecular complexity index is 902. The molecule has 0 saturated carbocycles. The fraction of sp³-hybridized carbons (Fsp3) is 0.421. The number of carbonyl (C=O) groups excluding carboxylic acids is 1. The normalized spacial score (nSPS) is 18.0. The van der Waals surface area contributed by atoms with Crippen molar-refractivity contribution in [3.8, 4) is 0 Å². The maximum Gasteiger partial charge on any atom is 0.253 e. The fourth-order valence-electron chi connectivity index (χ4n) is 3.47. The summed E-state index contributed by atoms with van der Waals surface area (Å²) in [6.07, 6.45) is 2.94. The van der Waals surface area contributed by atoms with Gasteiger partial charge in [0.15, 0.2) is 5.65 Å². The minimum absolute atomic E-state index is 0.0739. The molecular weight excluding hydrogens is 346 g/mol. The number of thiophene rings is 1. The van der Waals surface area contributed by atoms with Gasteiger partial charge in [0.25, 0.3) is 5.91 Å². The van der Waals surface area contributed by atoms with Crippen LogP contribution in [0.25, 0.3) is 5.65 Å². The second-order valence-corrected chi connectivity index (χ2v) is 8.07. The van der Waals surface area contributed by atoms with Crippen LogP contribution in [0.5, 0.6) is 0 Å². The van der Waals surface area contributed by atoms with Crippen molar-refractivity contribution in [3.05, 3.63) is 52.1 Å². The van der Waals surface area contributed by atoms with Crippen LogP contribution in [0.1, 0.15) is 47.2 Å². The number of amides is 1. The number of nitrogens with zero attached hydrogens (tertiary/aromatic N) is 4. The van der Waals surface area contributed by atoms with Gasteiger partial charge in [-0.3, -0.25) is 9.20 Å². The van der Waals surface area contributed by atoms with Crippen LogP contribution in [0, 0.1) is 0 Å². The maximum atomic E-state index is 12.5. The zero-order valence-corrected chi connectivity index (χ0v) is 15.9. The molecule has 1 N–H and O–H groups in total. The highest BCUT2D eigenvalue weighted by atomic mass is 32.1. The van der Waals surface area contributed by atoms with Gasteiger partial charge in [-0.25, -0.2) is 0 Å². The Morgan fingerprint density at radius 1 is 1.35 bits per heavy atom. The largest absolute Gasteiger partial charge is 0.347 e. The number of carbonyl (C=O) groups is 1. The monoisotopic (exact) mass is 369 g/mol. The number of likely N-dealkylation sites (tertiary alicyclic amines) is 1. The second kappa shape index (κ2) is 7.17. The van der Waals surface area contributed by atoms with E-state index in [9.17, 15) is 4.79 Å². The molecule has 1 saturated heterocycles. The predicted octanol–water partition coefficient (Wildman–Crippen LogP) is 2.92. The highest BCUT2D eigenvalue weighted by molar-refractivity contribution is 7.09. The lowest BCUT2D eigenvalue weighted by atomic mass is 10.1. The summed E-state index contributed by atoms with van der Waals surface area (Å²) in [5, 5.41) is 13.7. The van der Waals surface area contributed by atoms with Crippen LogP contribution >= 0.6 is 11.3 Å². The number of fused-ring (bicyclic) bond motifs is 1. The minimum atomic E-state index is -0.0739. The third kappa shape index (κ3) is 3.37. The van der Waals surface area contributed by atoms with E-state index in [1.807, 2.05) is 40.2 Å². The SMILES string of the molecule is CC(C)N1CC[C@@H](c2nnc3ccc(C(=O)NCc4cccs4)cn23)C1. The Morgan fingerprint density at radius 3 is 2.96 bits per heavy atom. The van der Waals surface area contributed by atoms with Gasteiger partial charge in [0.05, 0.1) is 12.1 Å². The van der Waals surface area contributed by atoms with Gasteiger partial charge < -0.3 is 10.2 Å². The lowest BCUT2D eigenvalue weighted by Gasteiger charge is -2.19. The van der Waals surface area contributed by atoms with Gasteiger partial charge in [-0.1, -0.05) is 6.07 Å². The Labute approximate surface area is 156 Å². The first-order valence-electron chi connectivity index (χ1n) is 9.01. The van der Waals surface area contributed by atoms with Crippen LogP contribution < -0.4 is 5.32 Å². The molecule has 0 aliphatic carbocycles. The first-order valence-corrected chi connectivity index (χ1v) is 9.89. The molecule has 0 spiro atoms. The molecule has 3 aromatic rings. The second-order valence-electron chi connectivity index (χ2n) is 7.04.